The fraction of sp³-hybridized carbons (Fsp3) is 0.267. The average Bonchev–Trinajstić information content (AvgIpc) is 3.34. The van der Waals surface area contributed by atoms with Crippen LogP contribution < -0.4 is 0 Å². The number of allylic oxidation sites excluding steroid dienone is 4. The first kappa shape index (κ1) is 20.3. The standard InChI is InChI=1S/C30H32Si/c1-21(23-12-6-5-7-13-23)18-24-20-30(28-17-11-9-15-26(24)28)31(3,4)29-19-22(2)25-14-8-10-16-27(25)29/h5-17,19-21,29-30H,18H2,1-4H3. The molecular formula is C30H32Si. The van der Waals surface area contributed by atoms with Gasteiger partial charge >= 0.3 is 0 Å². The SMILES string of the molecule is CC1=CC([Si](C)(C)C2C=C(CC(C)c3ccccc3)c3ccccc32)c2ccccc21. The predicted molar refractivity (Wildman–Crippen MR) is 137 cm³/mol. The van der Waals surface area contributed by atoms with Crippen LogP contribution in [0.2, 0.25) is 13.1 Å². The number of fused-ring (bicyclic) bond motifs is 2. The molecule has 0 aromatic heterocycles. The molecule has 0 radical (unpaired) electrons. The van der Waals surface area contributed by atoms with Crippen LogP contribution in [0.5, 0.6) is 0 Å². The molecule has 0 amide bonds. The summed E-state index contributed by atoms with van der Waals surface area (Å²) in [4.78, 5) is 0. The molecule has 156 valence electrons. The summed E-state index contributed by atoms with van der Waals surface area (Å²) in [6.07, 6.45) is 6.33. The summed E-state index contributed by atoms with van der Waals surface area (Å²) >= 11 is 0. The molecule has 3 atom stereocenters. The first-order valence-corrected chi connectivity index (χ1v) is 14.7. The molecule has 0 bridgehead atoms. The zero-order valence-electron chi connectivity index (χ0n) is 19.1. The Balaban J connectivity index is 1.52. The van der Waals surface area contributed by atoms with E-state index in [2.05, 4.69) is 118 Å². The molecule has 0 fully saturated rings. The van der Waals surface area contributed by atoms with Gasteiger partial charge in [0.2, 0.25) is 0 Å². The Hall–Kier alpha value is -2.64. The van der Waals surface area contributed by atoms with E-state index in [1.807, 2.05) is 0 Å². The minimum atomic E-state index is -1.71. The van der Waals surface area contributed by atoms with Crippen LogP contribution in [-0.2, 0) is 0 Å². The molecule has 0 nitrogen and oxygen atoms in total. The molecule has 0 spiro atoms. The van der Waals surface area contributed by atoms with Crippen molar-refractivity contribution in [2.75, 3.05) is 0 Å². The molecule has 0 heterocycles. The summed E-state index contributed by atoms with van der Waals surface area (Å²) in [5.74, 6) is 0.526. The summed E-state index contributed by atoms with van der Waals surface area (Å²) in [6, 6.07) is 29.2. The Morgan fingerprint density at radius 1 is 0.710 bits per heavy atom. The van der Waals surface area contributed by atoms with Gasteiger partial charge in [-0.1, -0.05) is 111 Å². The maximum atomic E-state index is 2.65. The third-order valence-corrected chi connectivity index (χ3v) is 11.8. The molecule has 0 N–H and O–H groups in total. The second kappa shape index (κ2) is 7.80. The van der Waals surface area contributed by atoms with Crippen LogP contribution in [0.3, 0.4) is 0 Å². The Morgan fingerprint density at radius 3 is 1.97 bits per heavy atom. The topological polar surface area (TPSA) is 0 Å². The Kier molecular flexibility index (Phi) is 5.10. The van der Waals surface area contributed by atoms with Crippen molar-refractivity contribution in [1.82, 2.24) is 0 Å². The van der Waals surface area contributed by atoms with E-state index in [1.165, 1.54) is 22.3 Å². The molecule has 3 aromatic carbocycles. The van der Waals surface area contributed by atoms with Gasteiger partial charge in [0.25, 0.3) is 0 Å². The highest BCUT2D eigenvalue weighted by Crippen LogP contribution is 2.51. The molecule has 3 aromatic rings. The molecule has 2 aliphatic rings. The average molecular weight is 421 g/mol. The van der Waals surface area contributed by atoms with Crippen molar-refractivity contribution in [2.45, 2.75) is 50.4 Å². The van der Waals surface area contributed by atoms with Crippen molar-refractivity contribution in [2.24, 2.45) is 0 Å². The molecule has 0 saturated heterocycles. The highest BCUT2D eigenvalue weighted by Gasteiger charge is 2.44. The first-order valence-electron chi connectivity index (χ1n) is 11.6. The zero-order valence-corrected chi connectivity index (χ0v) is 20.1. The fourth-order valence-corrected chi connectivity index (χ4v) is 9.63. The molecule has 31 heavy (non-hydrogen) atoms. The van der Waals surface area contributed by atoms with Crippen LogP contribution in [0.15, 0.2) is 91.0 Å². The first-order chi connectivity index (χ1) is 15.0. The van der Waals surface area contributed by atoms with Gasteiger partial charge in [0.1, 0.15) is 0 Å². The van der Waals surface area contributed by atoms with E-state index in [0.29, 0.717) is 17.0 Å². The monoisotopic (exact) mass is 420 g/mol. The summed E-state index contributed by atoms with van der Waals surface area (Å²) < 4.78 is 0. The normalized spacial score (nSPS) is 20.6. The summed E-state index contributed by atoms with van der Waals surface area (Å²) in [5.41, 5.74) is 11.6. The van der Waals surface area contributed by atoms with Crippen molar-refractivity contribution < 1.29 is 0 Å². The van der Waals surface area contributed by atoms with Crippen molar-refractivity contribution in [3.8, 4) is 0 Å². The third-order valence-electron chi connectivity index (χ3n) is 7.64. The van der Waals surface area contributed by atoms with Gasteiger partial charge in [-0.15, -0.1) is 0 Å². The minimum Gasteiger partial charge on any atom is -0.0761 e. The molecule has 2 aliphatic carbocycles. The van der Waals surface area contributed by atoms with Gasteiger partial charge in [-0.3, -0.25) is 0 Å². The highest BCUT2D eigenvalue weighted by atomic mass is 28.3. The second-order valence-corrected chi connectivity index (χ2v) is 14.9. The third kappa shape index (κ3) is 3.45. The maximum Gasteiger partial charge on any atom is 0.0715 e. The molecule has 0 saturated carbocycles. The Bertz CT molecular complexity index is 1170. The fourth-order valence-electron chi connectivity index (χ4n) is 5.83. The van der Waals surface area contributed by atoms with E-state index in [4.69, 9.17) is 0 Å². The zero-order chi connectivity index (χ0) is 21.6. The van der Waals surface area contributed by atoms with Crippen LogP contribution in [0.4, 0.5) is 0 Å². The van der Waals surface area contributed by atoms with E-state index < -0.39 is 8.07 Å². The highest BCUT2D eigenvalue weighted by molar-refractivity contribution is 6.81. The maximum absolute atomic E-state index is 2.65. The lowest BCUT2D eigenvalue weighted by atomic mass is 9.91. The van der Waals surface area contributed by atoms with Gasteiger partial charge in [0.05, 0.1) is 8.07 Å². The van der Waals surface area contributed by atoms with E-state index in [0.717, 1.165) is 6.42 Å². The number of benzene rings is 3. The Labute approximate surface area is 188 Å². The van der Waals surface area contributed by atoms with Crippen molar-refractivity contribution in [3.63, 3.8) is 0 Å². The number of rotatable bonds is 5. The van der Waals surface area contributed by atoms with Gasteiger partial charge in [0.15, 0.2) is 0 Å². The quantitative estimate of drug-likeness (QED) is 0.364. The summed E-state index contributed by atoms with van der Waals surface area (Å²) in [5, 5.41) is 0. The second-order valence-electron chi connectivity index (χ2n) is 10.0. The largest absolute Gasteiger partial charge is 0.0761 e. The van der Waals surface area contributed by atoms with Gasteiger partial charge in [-0.25, -0.2) is 0 Å². The minimum absolute atomic E-state index is 0.526. The number of hydrogen-bond donors (Lipinski definition) is 0. The van der Waals surface area contributed by atoms with Crippen LogP contribution in [0, 0.1) is 0 Å². The van der Waals surface area contributed by atoms with E-state index >= 15 is 0 Å². The van der Waals surface area contributed by atoms with Gasteiger partial charge in [0, 0.05) is 0 Å². The molecule has 0 aliphatic heterocycles. The summed E-state index contributed by atoms with van der Waals surface area (Å²) in [6.45, 7) is 9.86. The summed E-state index contributed by atoms with van der Waals surface area (Å²) in [7, 11) is -1.71. The lowest BCUT2D eigenvalue weighted by Gasteiger charge is -2.35. The van der Waals surface area contributed by atoms with Crippen LogP contribution in [0.1, 0.15) is 65.1 Å². The predicted octanol–water partition coefficient (Wildman–Crippen LogP) is 8.35. The van der Waals surface area contributed by atoms with E-state index in [9.17, 15) is 0 Å². The molecule has 1 heteroatoms. The lowest BCUT2D eigenvalue weighted by Crippen LogP contribution is -2.39. The number of hydrogen-bond acceptors (Lipinski definition) is 0. The van der Waals surface area contributed by atoms with Gasteiger partial charge in [-0.2, -0.15) is 0 Å². The van der Waals surface area contributed by atoms with Gasteiger partial charge < -0.3 is 0 Å². The Morgan fingerprint density at radius 2 is 1.26 bits per heavy atom. The van der Waals surface area contributed by atoms with E-state index in [1.54, 1.807) is 16.7 Å². The molecule has 5 rings (SSSR count). The lowest BCUT2D eigenvalue weighted by molar-refractivity contribution is 0.792. The van der Waals surface area contributed by atoms with Gasteiger partial charge in [-0.05, 0) is 69.3 Å². The van der Waals surface area contributed by atoms with Crippen LogP contribution >= 0.6 is 0 Å². The molecular weight excluding hydrogens is 388 g/mol. The van der Waals surface area contributed by atoms with Crippen LogP contribution in [-0.4, -0.2) is 8.07 Å². The molecule has 3 unspecified atom stereocenters. The smallest absolute Gasteiger partial charge is 0.0715 e. The van der Waals surface area contributed by atoms with Crippen LogP contribution in [0.25, 0.3) is 11.1 Å². The van der Waals surface area contributed by atoms with Crippen molar-refractivity contribution in [3.05, 3.63) is 119 Å². The van der Waals surface area contributed by atoms with Crippen molar-refractivity contribution in [1.29, 1.82) is 0 Å². The van der Waals surface area contributed by atoms with E-state index in [-0.39, 0.29) is 0 Å². The van der Waals surface area contributed by atoms with Crippen molar-refractivity contribution >= 4 is 19.2 Å².